The SMILES string of the molecule is CC/C=C/[C@H](CC)C[C@H](C)CO[Si](c1ccccc1)(c1ccccc1)C(C)(C)C. The van der Waals surface area contributed by atoms with Crippen molar-refractivity contribution in [1.29, 1.82) is 0 Å². The second-order valence-corrected chi connectivity index (χ2v) is 13.6. The molecular weight excluding hydrogens is 368 g/mol. The minimum absolute atomic E-state index is 0.0434. The first kappa shape index (κ1) is 23.6. The van der Waals surface area contributed by atoms with Crippen LogP contribution in [0.3, 0.4) is 0 Å². The van der Waals surface area contributed by atoms with Crippen LogP contribution in [0.25, 0.3) is 0 Å². The minimum Gasteiger partial charge on any atom is -0.407 e. The quantitative estimate of drug-likeness (QED) is 0.318. The summed E-state index contributed by atoms with van der Waals surface area (Å²) in [6.45, 7) is 14.7. The average Bonchev–Trinajstić information content (AvgIpc) is 2.72. The predicted molar refractivity (Wildman–Crippen MR) is 131 cm³/mol. The molecule has 0 aliphatic carbocycles. The van der Waals surface area contributed by atoms with Crippen LogP contribution < -0.4 is 10.4 Å². The molecule has 2 aromatic rings. The van der Waals surface area contributed by atoms with Crippen LogP contribution in [0.2, 0.25) is 5.04 Å². The molecule has 0 aliphatic rings. The summed E-state index contributed by atoms with van der Waals surface area (Å²) in [5, 5.41) is 2.77. The lowest BCUT2D eigenvalue weighted by atomic mass is 9.93. The van der Waals surface area contributed by atoms with E-state index in [9.17, 15) is 0 Å². The summed E-state index contributed by atoms with van der Waals surface area (Å²) in [5.41, 5.74) is 0. The van der Waals surface area contributed by atoms with Crippen molar-refractivity contribution in [2.45, 2.75) is 65.8 Å². The van der Waals surface area contributed by atoms with E-state index in [1.165, 1.54) is 23.2 Å². The number of benzene rings is 2. The van der Waals surface area contributed by atoms with E-state index < -0.39 is 8.32 Å². The first-order valence-electron chi connectivity index (χ1n) is 11.3. The average molecular weight is 409 g/mol. The molecule has 0 fully saturated rings. The zero-order valence-electron chi connectivity index (χ0n) is 19.3. The van der Waals surface area contributed by atoms with Crippen molar-refractivity contribution in [3.8, 4) is 0 Å². The van der Waals surface area contributed by atoms with Gasteiger partial charge in [0.15, 0.2) is 0 Å². The molecular formula is C27H40OSi. The fraction of sp³-hybridized carbons (Fsp3) is 0.481. The molecule has 0 amide bonds. The number of allylic oxidation sites excluding steroid dienone is 2. The normalized spacial score (nSPS) is 14.8. The van der Waals surface area contributed by atoms with Crippen LogP contribution >= 0.6 is 0 Å². The van der Waals surface area contributed by atoms with Crippen molar-refractivity contribution >= 4 is 18.7 Å². The van der Waals surface area contributed by atoms with Gasteiger partial charge in [-0.05, 0) is 46.5 Å². The van der Waals surface area contributed by atoms with Crippen LogP contribution in [-0.2, 0) is 4.43 Å². The van der Waals surface area contributed by atoms with Crippen molar-refractivity contribution in [3.05, 3.63) is 72.8 Å². The summed E-state index contributed by atoms with van der Waals surface area (Å²) in [7, 11) is -2.42. The van der Waals surface area contributed by atoms with Crippen LogP contribution in [0.1, 0.15) is 60.8 Å². The van der Waals surface area contributed by atoms with Gasteiger partial charge < -0.3 is 4.43 Å². The van der Waals surface area contributed by atoms with Gasteiger partial charge in [0.1, 0.15) is 0 Å². The van der Waals surface area contributed by atoms with Gasteiger partial charge in [0.2, 0.25) is 0 Å². The number of hydrogen-bond donors (Lipinski definition) is 0. The zero-order chi connectivity index (χ0) is 21.3. The summed E-state index contributed by atoms with van der Waals surface area (Å²) in [4.78, 5) is 0. The Morgan fingerprint density at radius 2 is 1.41 bits per heavy atom. The highest BCUT2D eigenvalue weighted by Gasteiger charge is 2.50. The van der Waals surface area contributed by atoms with E-state index in [4.69, 9.17) is 4.43 Å². The third-order valence-electron chi connectivity index (χ3n) is 5.87. The maximum absolute atomic E-state index is 7.09. The standard InChI is InChI=1S/C27H40OSi/c1-7-9-16-24(8-2)21-23(3)22-28-29(27(4,5)6,25-17-12-10-13-18-25)26-19-14-11-15-20-26/h9-20,23-24H,7-8,21-22H2,1-6H3/b16-9+/t23-,24-/m0/s1. The molecule has 0 heterocycles. The predicted octanol–water partition coefficient (Wildman–Crippen LogP) is 6.58. The topological polar surface area (TPSA) is 9.23 Å². The molecule has 0 aliphatic heterocycles. The Hall–Kier alpha value is -1.64. The molecule has 0 aromatic heterocycles. The van der Waals surface area contributed by atoms with E-state index in [1.807, 2.05) is 0 Å². The molecule has 2 rings (SSSR count). The Morgan fingerprint density at radius 1 is 0.897 bits per heavy atom. The van der Waals surface area contributed by atoms with Crippen LogP contribution in [-0.4, -0.2) is 14.9 Å². The van der Waals surface area contributed by atoms with Gasteiger partial charge in [-0.1, -0.05) is 114 Å². The Balaban J connectivity index is 2.35. The molecule has 158 valence electrons. The summed E-state index contributed by atoms with van der Waals surface area (Å²) in [6, 6.07) is 21.9. The van der Waals surface area contributed by atoms with E-state index in [0.717, 1.165) is 13.0 Å². The van der Waals surface area contributed by atoms with E-state index in [0.29, 0.717) is 11.8 Å². The van der Waals surface area contributed by atoms with Gasteiger partial charge in [0.25, 0.3) is 8.32 Å². The van der Waals surface area contributed by atoms with Crippen molar-refractivity contribution in [3.63, 3.8) is 0 Å². The highest BCUT2D eigenvalue weighted by Crippen LogP contribution is 2.37. The van der Waals surface area contributed by atoms with Crippen LogP contribution in [0.5, 0.6) is 0 Å². The summed E-state index contributed by atoms with van der Waals surface area (Å²) in [5.74, 6) is 1.18. The second-order valence-electron chi connectivity index (χ2n) is 9.32. The van der Waals surface area contributed by atoms with Crippen molar-refractivity contribution in [2.24, 2.45) is 11.8 Å². The molecule has 2 aromatic carbocycles. The molecule has 1 nitrogen and oxygen atoms in total. The van der Waals surface area contributed by atoms with Crippen molar-refractivity contribution in [1.82, 2.24) is 0 Å². The fourth-order valence-electron chi connectivity index (χ4n) is 4.32. The molecule has 2 heteroatoms. The lowest BCUT2D eigenvalue weighted by Crippen LogP contribution is -2.66. The molecule has 2 atom stereocenters. The van der Waals surface area contributed by atoms with Gasteiger partial charge in [0.05, 0.1) is 0 Å². The summed E-state index contributed by atoms with van der Waals surface area (Å²) < 4.78 is 7.09. The van der Waals surface area contributed by atoms with Crippen LogP contribution in [0.4, 0.5) is 0 Å². The smallest absolute Gasteiger partial charge is 0.261 e. The lowest BCUT2D eigenvalue weighted by molar-refractivity contribution is 0.226. The minimum atomic E-state index is -2.42. The van der Waals surface area contributed by atoms with Crippen LogP contribution in [0, 0.1) is 11.8 Å². The van der Waals surface area contributed by atoms with Gasteiger partial charge in [-0.2, -0.15) is 0 Å². The second kappa shape index (κ2) is 10.9. The highest BCUT2D eigenvalue weighted by molar-refractivity contribution is 6.99. The van der Waals surface area contributed by atoms with Gasteiger partial charge in [-0.15, -0.1) is 0 Å². The maximum atomic E-state index is 7.09. The first-order valence-corrected chi connectivity index (χ1v) is 13.2. The fourth-order valence-corrected chi connectivity index (χ4v) is 9.01. The molecule has 0 saturated carbocycles. The Morgan fingerprint density at radius 3 is 1.83 bits per heavy atom. The summed E-state index contributed by atoms with van der Waals surface area (Å²) >= 11 is 0. The number of hydrogen-bond acceptors (Lipinski definition) is 1. The molecule has 0 saturated heterocycles. The summed E-state index contributed by atoms with van der Waals surface area (Å²) in [6.07, 6.45) is 8.21. The lowest BCUT2D eigenvalue weighted by Gasteiger charge is -2.43. The van der Waals surface area contributed by atoms with Gasteiger partial charge >= 0.3 is 0 Å². The third-order valence-corrected chi connectivity index (χ3v) is 10.9. The molecule has 0 unspecified atom stereocenters. The largest absolute Gasteiger partial charge is 0.407 e. The van der Waals surface area contributed by atoms with Crippen LogP contribution in [0.15, 0.2) is 72.8 Å². The molecule has 29 heavy (non-hydrogen) atoms. The zero-order valence-corrected chi connectivity index (χ0v) is 20.3. The van der Waals surface area contributed by atoms with E-state index >= 15 is 0 Å². The van der Waals surface area contributed by atoms with E-state index in [1.54, 1.807) is 0 Å². The molecule has 0 spiro atoms. The van der Waals surface area contributed by atoms with E-state index in [-0.39, 0.29) is 5.04 Å². The Kier molecular flexibility index (Phi) is 8.92. The van der Waals surface area contributed by atoms with Gasteiger partial charge in [-0.3, -0.25) is 0 Å². The monoisotopic (exact) mass is 408 g/mol. The van der Waals surface area contributed by atoms with Crippen molar-refractivity contribution in [2.75, 3.05) is 6.61 Å². The Bertz CT molecular complexity index is 691. The molecule has 0 bridgehead atoms. The number of rotatable bonds is 10. The first-order chi connectivity index (χ1) is 13.8. The van der Waals surface area contributed by atoms with E-state index in [2.05, 4.69) is 114 Å². The highest BCUT2D eigenvalue weighted by atomic mass is 28.4. The maximum Gasteiger partial charge on any atom is 0.261 e. The van der Waals surface area contributed by atoms with Gasteiger partial charge in [0, 0.05) is 6.61 Å². The van der Waals surface area contributed by atoms with Crippen molar-refractivity contribution < 1.29 is 4.43 Å². The third kappa shape index (κ3) is 5.93. The molecule has 0 N–H and O–H groups in total. The Labute approximate surface area is 180 Å². The van der Waals surface area contributed by atoms with Gasteiger partial charge in [-0.25, -0.2) is 0 Å². The molecule has 0 radical (unpaired) electrons.